The summed E-state index contributed by atoms with van der Waals surface area (Å²) in [5.41, 5.74) is 14.9. The minimum Gasteiger partial charge on any atom is -0.387 e. The summed E-state index contributed by atoms with van der Waals surface area (Å²) in [6, 6.07) is 1.13. The average Bonchev–Trinajstić information content (AvgIpc) is 4.04. The molecule has 2 unspecified atom stereocenters. The number of aromatic nitrogens is 10. The van der Waals surface area contributed by atoms with Crippen LogP contribution in [0.25, 0.3) is 22.3 Å². The average molecular weight is 998 g/mol. The van der Waals surface area contributed by atoms with Crippen molar-refractivity contribution < 1.29 is 90.5 Å². The second kappa shape index (κ2) is 18.0. The van der Waals surface area contributed by atoms with Gasteiger partial charge in [0.05, 0.1) is 32.5 Å². The molecule has 3 aliphatic rings. The molecule has 14 atom stereocenters. The van der Waals surface area contributed by atoms with E-state index in [1.807, 2.05) is 0 Å². The molecule has 0 radical (unpaired) electrons. The van der Waals surface area contributed by atoms with Crippen molar-refractivity contribution in [1.82, 2.24) is 48.6 Å². The van der Waals surface area contributed by atoms with Crippen LogP contribution in [-0.2, 0) is 50.5 Å². The number of nitrogens with zero attached hydrogens (tertiary/aromatic N) is 9. The minimum absolute atomic E-state index is 0.0242. The molecule has 0 aliphatic carbocycles. The highest BCUT2D eigenvalue weighted by Crippen LogP contribution is 2.52. The van der Waals surface area contributed by atoms with E-state index in [1.165, 1.54) is 0 Å². The van der Waals surface area contributed by atoms with Gasteiger partial charge in [-0.1, -0.05) is 0 Å². The Balaban J connectivity index is 0.998. The Bertz CT molecular complexity index is 2880. The maximum atomic E-state index is 13.5. The van der Waals surface area contributed by atoms with Crippen LogP contribution in [0.15, 0.2) is 40.8 Å². The number of rotatable bonds is 16. The van der Waals surface area contributed by atoms with Gasteiger partial charge in [-0.25, -0.2) is 38.4 Å². The number of hydrogen-bond donors (Lipinski definition) is 12. The second-order valence-corrected chi connectivity index (χ2v) is 18.6. The van der Waals surface area contributed by atoms with E-state index in [2.05, 4.69) is 39.4 Å². The molecule has 3 fully saturated rings. The molecule has 8 heterocycles. The molecular weight excluding hydrogens is 959 g/mol. The van der Waals surface area contributed by atoms with Gasteiger partial charge in [0.2, 0.25) is 5.95 Å². The van der Waals surface area contributed by atoms with Crippen molar-refractivity contribution in [1.29, 1.82) is 0 Å². The molecule has 5 aromatic rings. The van der Waals surface area contributed by atoms with Crippen molar-refractivity contribution in [3.63, 3.8) is 0 Å². The Kier molecular flexibility index (Phi) is 13.0. The van der Waals surface area contributed by atoms with Crippen LogP contribution in [0.4, 0.5) is 17.6 Å². The summed E-state index contributed by atoms with van der Waals surface area (Å²) in [5, 5.41) is 44.3. The van der Waals surface area contributed by atoms with E-state index in [0.717, 1.165) is 40.4 Å². The lowest BCUT2D eigenvalue weighted by molar-refractivity contribution is -0.0618. The van der Waals surface area contributed by atoms with Crippen molar-refractivity contribution in [2.45, 2.75) is 73.6 Å². The van der Waals surface area contributed by atoms with Gasteiger partial charge in [-0.05, 0) is 6.07 Å². The van der Waals surface area contributed by atoms with Crippen molar-refractivity contribution in [3.05, 3.63) is 52.1 Å². The number of fused-ring (bicyclic) bond motifs is 2. The Morgan fingerprint density at radius 2 is 1.18 bits per heavy atom. The molecule has 34 nitrogen and oxygen atoms in total. The van der Waals surface area contributed by atoms with Crippen LogP contribution in [0.2, 0.25) is 0 Å². The first-order valence-electron chi connectivity index (χ1n) is 18.7. The third-order valence-electron chi connectivity index (χ3n) is 10.2. The lowest BCUT2D eigenvalue weighted by atomic mass is 10.1. The van der Waals surface area contributed by atoms with Gasteiger partial charge >= 0.3 is 29.2 Å². The highest BCUT2D eigenvalue weighted by molar-refractivity contribution is 7.47. The monoisotopic (exact) mass is 997 g/mol. The Labute approximate surface area is 364 Å². The summed E-state index contributed by atoms with van der Waals surface area (Å²) >= 11 is 0. The fourth-order valence-electron chi connectivity index (χ4n) is 7.20. The van der Waals surface area contributed by atoms with Gasteiger partial charge in [0, 0.05) is 6.20 Å². The highest BCUT2D eigenvalue weighted by atomic mass is 31.2. The lowest BCUT2D eigenvalue weighted by Gasteiger charge is -2.26. The SMILES string of the molecule is Nc1ccn([C@@H]2O[C@H](COP(=O)(O)O)[C@@H](OP(=O)(O)OC[C@H]3O[C@@H](n4cnc5c(N)ncnc54)[C@H](O)[C@@H]3OP(=O)(O)OC[C@H]3O[C@@H](n4cnc5c(=O)[nH]c(N)nc54)[C@H](O)[C@@H]3O)[C@H]2O)c(=O)n1. The van der Waals surface area contributed by atoms with E-state index in [-0.39, 0.29) is 39.9 Å². The quantitative estimate of drug-likeness (QED) is 0.0413. The third-order valence-corrected chi connectivity index (χ3v) is 12.6. The van der Waals surface area contributed by atoms with Crippen LogP contribution < -0.4 is 28.5 Å². The maximum absolute atomic E-state index is 13.5. The summed E-state index contributed by atoms with van der Waals surface area (Å²) in [4.78, 5) is 90.8. The molecule has 3 saturated heterocycles. The standard InChI is InChI=1S/C29H38N13O21P3/c30-12-1-2-40(29(48)37-12)26-17(45)19(10(60-26)4-56-64(49,50)51)62-66(54,55)58-5-11-20(18(46)27(61-11)41-7-35-13-21(31)33-6-34-22(13)41)63-65(52,53)57-3-9-15(43)16(44)25(59-9)42-8-36-14-23(42)38-28(32)39-24(14)47/h1-2,6-11,15-20,25-27,43-46H,3-5H2,(H,52,53)(H,54,55)(H2,30,37,48)(H2,31,33,34)(H2,49,50,51)(H3,32,38,39,47)/t9-,10-,11-,15-,16-,17-,18-,19-,20-,25-,26-,27-/m1/s1. The number of hydrogen-bond acceptors (Lipinski definition) is 26. The zero-order valence-corrected chi connectivity index (χ0v) is 35.6. The Morgan fingerprint density at radius 3 is 1.79 bits per heavy atom. The summed E-state index contributed by atoms with van der Waals surface area (Å²) in [7, 11) is -16.2. The van der Waals surface area contributed by atoms with Crippen LogP contribution >= 0.6 is 23.5 Å². The summed E-state index contributed by atoms with van der Waals surface area (Å²) in [6.45, 7) is -3.20. The number of aliphatic hydroxyl groups is 4. The maximum Gasteiger partial charge on any atom is 0.472 e. The number of H-pyrrole nitrogens is 1. The van der Waals surface area contributed by atoms with E-state index in [0.29, 0.717) is 4.57 Å². The first kappa shape index (κ1) is 47.7. The number of nitrogen functional groups attached to an aromatic ring is 3. The van der Waals surface area contributed by atoms with E-state index >= 15 is 0 Å². The number of phosphoric ester groups is 3. The number of imidazole rings is 2. The molecule has 0 aromatic carbocycles. The zero-order valence-electron chi connectivity index (χ0n) is 32.9. The summed E-state index contributed by atoms with van der Waals surface area (Å²) in [6.07, 6.45) is -17.5. The summed E-state index contributed by atoms with van der Waals surface area (Å²) < 4.78 is 83.7. The topological polar surface area (TPSA) is 507 Å². The van der Waals surface area contributed by atoms with Gasteiger partial charge in [-0.2, -0.15) is 9.97 Å². The van der Waals surface area contributed by atoms with E-state index in [1.54, 1.807) is 0 Å². The van der Waals surface area contributed by atoms with E-state index < -0.39 is 128 Å². The number of nitrogens with one attached hydrogen (secondary N) is 1. The molecular formula is C29H38N13O21P3. The Morgan fingerprint density at radius 1 is 0.652 bits per heavy atom. The van der Waals surface area contributed by atoms with Gasteiger partial charge < -0.3 is 71.4 Å². The molecule has 0 spiro atoms. The number of aliphatic hydroxyl groups excluding tert-OH is 4. The number of phosphoric acid groups is 3. The van der Waals surface area contributed by atoms with E-state index in [9.17, 15) is 63.3 Å². The number of ether oxygens (including phenoxy) is 3. The molecule has 0 saturated carbocycles. The van der Waals surface area contributed by atoms with Gasteiger partial charge in [0.15, 0.2) is 41.3 Å². The van der Waals surface area contributed by atoms with Crippen molar-refractivity contribution in [2.75, 3.05) is 37.0 Å². The largest absolute Gasteiger partial charge is 0.472 e. The minimum atomic E-state index is -5.54. The van der Waals surface area contributed by atoms with Crippen molar-refractivity contribution in [2.24, 2.45) is 0 Å². The zero-order chi connectivity index (χ0) is 47.6. The fourth-order valence-corrected chi connectivity index (χ4v) is 9.47. The number of nitrogens with two attached hydrogens (primary N) is 3. The normalized spacial score (nSPS) is 31.2. The lowest BCUT2D eigenvalue weighted by Crippen LogP contribution is -2.38. The fraction of sp³-hybridized carbons (Fsp3) is 0.517. The van der Waals surface area contributed by atoms with Crippen LogP contribution in [-0.4, -0.2) is 163 Å². The number of anilines is 3. The first-order chi connectivity index (χ1) is 31.0. The molecule has 5 aromatic heterocycles. The van der Waals surface area contributed by atoms with Crippen molar-refractivity contribution >= 4 is 63.4 Å². The molecule has 37 heteroatoms. The highest BCUT2D eigenvalue weighted by Gasteiger charge is 2.53. The molecule has 360 valence electrons. The van der Waals surface area contributed by atoms with Gasteiger partial charge in [0.25, 0.3) is 5.56 Å². The number of aromatic amines is 1. The predicted octanol–water partition coefficient (Wildman–Crippen LogP) is -4.79. The molecule has 3 aliphatic heterocycles. The smallest absolute Gasteiger partial charge is 0.387 e. The second-order valence-electron chi connectivity index (χ2n) is 14.5. The Hall–Kier alpha value is -4.77. The third kappa shape index (κ3) is 9.65. The molecule has 0 amide bonds. The van der Waals surface area contributed by atoms with Crippen LogP contribution in [0.5, 0.6) is 0 Å². The molecule has 15 N–H and O–H groups in total. The summed E-state index contributed by atoms with van der Waals surface area (Å²) in [5.74, 6) is -0.620. The van der Waals surface area contributed by atoms with Gasteiger partial charge in [0.1, 0.15) is 72.6 Å². The van der Waals surface area contributed by atoms with E-state index in [4.69, 9.17) is 49.5 Å². The van der Waals surface area contributed by atoms with Gasteiger partial charge in [-0.15, -0.1) is 0 Å². The van der Waals surface area contributed by atoms with Gasteiger partial charge in [-0.3, -0.25) is 46.1 Å². The van der Waals surface area contributed by atoms with Crippen molar-refractivity contribution in [3.8, 4) is 0 Å². The van der Waals surface area contributed by atoms with Crippen LogP contribution in [0.1, 0.15) is 18.7 Å². The molecule has 8 rings (SSSR count). The van der Waals surface area contributed by atoms with Crippen LogP contribution in [0, 0.1) is 0 Å². The molecule has 66 heavy (non-hydrogen) atoms. The first-order valence-corrected chi connectivity index (χ1v) is 23.2. The predicted molar refractivity (Wildman–Crippen MR) is 210 cm³/mol. The molecule has 0 bridgehead atoms. The van der Waals surface area contributed by atoms with Crippen LogP contribution in [0.3, 0.4) is 0 Å².